The van der Waals surface area contributed by atoms with Crippen LogP contribution in [0.15, 0.2) is 78.9 Å². The third-order valence-corrected chi connectivity index (χ3v) is 16.6. The number of alkyl halides is 1. The molecule has 1 aromatic heterocycles. The lowest BCUT2D eigenvalue weighted by Gasteiger charge is -2.37. The fourth-order valence-electron chi connectivity index (χ4n) is 9.89. The topological polar surface area (TPSA) is 167 Å². The Kier molecular flexibility index (Phi) is 13.5. The van der Waals surface area contributed by atoms with E-state index in [1.807, 2.05) is 41.0 Å². The summed E-state index contributed by atoms with van der Waals surface area (Å²) in [6.07, 6.45) is 6.46. The van der Waals surface area contributed by atoms with Gasteiger partial charge in [-0.25, -0.2) is 9.48 Å². The maximum absolute atomic E-state index is 16.6. The Morgan fingerprint density at radius 2 is 1.77 bits per heavy atom. The van der Waals surface area contributed by atoms with Crippen molar-refractivity contribution in [1.82, 2.24) is 20.2 Å². The van der Waals surface area contributed by atoms with E-state index in [-0.39, 0.29) is 54.2 Å². The van der Waals surface area contributed by atoms with Gasteiger partial charge >= 0.3 is 13.5 Å². The van der Waals surface area contributed by atoms with Crippen LogP contribution in [0.3, 0.4) is 0 Å². The van der Waals surface area contributed by atoms with Gasteiger partial charge in [-0.05, 0) is 111 Å². The number of hydrogen-bond donors (Lipinski definition) is 2. The Labute approximate surface area is 377 Å². The van der Waals surface area contributed by atoms with Gasteiger partial charge in [0.2, 0.25) is 17.7 Å². The van der Waals surface area contributed by atoms with Crippen LogP contribution in [0.25, 0.3) is 10.1 Å². The molecular formula is C48H55FN5O8PS. The lowest BCUT2D eigenvalue weighted by atomic mass is 9.85. The van der Waals surface area contributed by atoms with Crippen molar-refractivity contribution in [3.63, 3.8) is 0 Å². The average Bonchev–Trinajstić information content (AvgIpc) is 3.63. The predicted molar refractivity (Wildman–Crippen MR) is 241 cm³/mol. The number of para-hydroxylation sites is 1. The first-order chi connectivity index (χ1) is 30.9. The first-order valence-corrected chi connectivity index (χ1v) is 24.8. The fourth-order valence-corrected chi connectivity index (χ4v) is 12.8. The summed E-state index contributed by atoms with van der Waals surface area (Å²) >= 11 is 1.21. The second-order valence-electron chi connectivity index (χ2n) is 17.5. The van der Waals surface area contributed by atoms with Crippen LogP contribution in [0, 0.1) is 23.2 Å². The van der Waals surface area contributed by atoms with Crippen LogP contribution in [0.4, 0.5) is 4.39 Å². The van der Waals surface area contributed by atoms with E-state index < -0.39 is 48.8 Å². The zero-order valence-corrected chi connectivity index (χ0v) is 38.1. The molecule has 4 heterocycles. The zero-order chi connectivity index (χ0) is 45.2. The van der Waals surface area contributed by atoms with Gasteiger partial charge < -0.3 is 29.1 Å². The second-order valence-corrected chi connectivity index (χ2v) is 20.7. The number of nitrogens with one attached hydrogen (secondary N) is 2. The summed E-state index contributed by atoms with van der Waals surface area (Å²) in [4.78, 5) is 59.7. The summed E-state index contributed by atoms with van der Waals surface area (Å²) < 4.78 is 48.0. The molecule has 8 atom stereocenters. The minimum absolute atomic E-state index is 0.0306. The number of nitriles is 1. The minimum atomic E-state index is -4.45. The molecular weight excluding hydrogens is 857 g/mol. The standard InChI is InChI=1S/C48H55FN5O8PS/c1-4-23-61-47(58)30(2)52-63(59,62-36-14-6-5-7-15-36)43(49)32-17-20-41-34(24-32)26-42(64-41)44(55)51-28-33-11-8-9-13-35-18-19-40(54(35)45(33)56)46(57)53-29-38(39(27-50)48(53)21-22-48)31-12-10-16-37(25-31)60-3/h5-7,10,12,14-17,20,24-26,30,33,35,38-40,43H,4,8-9,11,13,18-19,21-23,28-29H2,1-3H3,(H,51,55)(H,52,59)/t30-,33?,35-,38?,39-,40-,43+,63?/m0/s1. The molecule has 64 heavy (non-hydrogen) atoms. The summed E-state index contributed by atoms with van der Waals surface area (Å²) in [7, 11) is -2.84. The number of carbonyl (C=O) groups excluding carboxylic acids is 4. The lowest BCUT2D eigenvalue weighted by Crippen LogP contribution is -2.55. The highest BCUT2D eigenvalue weighted by atomic mass is 32.1. The Morgan fingerprint density at radius 1 is 1.00 bits per heavy atom. The van der Waals surface area contributed by atoms with Crippen LogP contribution in [-0.4, -0.2) is 84.0 Å². The van der Waals surface area contributed by atoms with Gasteiger partial charge in [0.1, 0.15) is 23.6 Å². The number of carbonyl (C=O) groups is 4. The molecule has 3 amide bonds. The number of fused-ring (bicyclic) bond motifs is 2. The Balaban J connectivity index is 0.957. The van der Waals surface area contributed by atoms with Gasteiger partial charge in [0.05, 0.1) is 42.0 Å². The van der Waals surface area contributed by atoms with Crippen molar-refractivity contribution in [3.8, 4) is 17.6 Å². The van der Waals surface area contributed by atoms with Gasteiger partial charge in [0, 0.05) is 29.7 Å². The van der Waals surface area contributed by atoms with Crippen molar-refractivity contribution in [2.45, 2.75) is 107 Å². The maximum Gasteiger partial charge on any atom is 0.355 e. The van der Waals surface area contributed by atoms with E-state index in [0.29, 0.717) is 46.5 Å². The number of amides is 3. The van der Waals surface area contributed by atoms with Crippen LogP contribution in [0.1, 0.15) is 104 Å². The third-order valence-electron chi connectivity index (χ3n) is 13.3. The molecule has 4 aliphatic rings. The molecule has 16 heteroatoms. The summed E-state index contributed by atoms with van der Waals surface area (Å²) in [5.74, 6) is -3.71. The number of halogens is 1. The van der Waals surface area contributed by atoms with Crippen LogP contribution in [0.5, 0.6) is 11.5 Å². The molecule has 338 valence electrons. The van der Waals surface area contributed by atoms with E-state index in [2.05, 4.69) is 16.5 Å². The molecule has 1 aliphatic carbocycles. The number of ether oxygens (including phenoxy) is 2. The molecule has 3 unspecified atom stereocenters. The van der Waals surface area contributed by atoms with E-state index in [4.69, 9.17) is 14.0 Å². The molecule has 3 saturated heterocycles. The smallest absolute Gasteiger partial charge is 0.355 e. The lowest BCUT2D eigenvalue weighted by molar-refractivity contribution is -0.149. The van der Waals surface area contributed by atoms with Crippen molar-refractivity contribution in [3.05, 3.63) is 94.9 Å². The number of benzene rings is 3. The van der Waals surface area contributed by atoms with Crippen molar-refractivity contribution in [1.29, 1.82) is 5.26 Å². The number of hydrogen-bond acceptors (Lipinski definition) is 10. The van der Waals surface area contributed by atoms with Crippen molar-refractivity contribution >= 4 is 52.6 Å². The highest BCUT2D eigenvalue weighted by molar-refractivity contribution is 7.57. The van der Waals surface area contributed by atoms with E-state index >= 15 is 4.39 Å². The van der Waals surface area contributed by atoms with E-state index in [1.54, 1.807) is 49.6 Å². The van der Waals surface area contributed by atoms with Crippen molar-refractivity contribution in [2.24, 2.45) is 11.8 Å². The Morgan fingerprint density at radius 3 is 2.50 bits per heavy atom. The number of methoxy groups -OCH3 is 1. The third kappa shape index (κ3) is 9.02. The molecule has 4 aromatic rings. The molecule has 1 saturated carbocycles. The summed E-state index contributed by atoms with van der Waals surface area (Å²) in [6, 6.07) is 22.8. The number of rotatable bonds is 15. The monoisotopic (exact) mass is 911 g/mol. The molecule has 3 aromatic carbocycles. The normalized spacial score (nSPS) is 24.4. The predicted octanol–water partition coefficient (Wildman–Crippen LogP) is 8.66. The highest BCUT2D eigenvalue weighted by Crippen LogP contribution is 2.59. The molecule has 8 rings (SSSR count). The van der Waals surface area contributed by atoms with Crippen molar-refractivity contribution < 1.29 is 42.1 Å². The maximum atomic E-state index is 16.6. The van der Waals surface area contributed by atoms with Crippen LogP contribution >= 0.6 is 18.9 Å². The quantitative estimate of drug-likeness (QED) is 0.0871. The summed E-state index contributed by atoms with van der Waals surface area (Å²) in [5.41, 5.74) is 0.454. The molecule has 4 fully saturated rings. The first kappa shape index (κ1) is 45.3. The molecule has 0 radical (unpaired) electrons. The van der Waals surface area contributed by atoms with E-state index in [0.717, 1.165) is 44.1 Å². The highest BCUT2D eigenvalue weighted by Gasteiger charge is 2.64. The van der Waals surface area contributed by atoms with E-state index in [1.165, 1.54) is 30.4 Å². The van der Waals surface area contributed by atoms with Crippen molar-refractivity contribution in [2.75, 3.05) is 26.8 Å². The van der Waals surface area contributed by atoms with Gasteiger partial charge in [-0.2, -0.15) is 5.26 Å². The van der Waals surface area contributed by atoms with Gasteiger partial charge in [-0.1, -0.05) is 56.2 Å². The summed E-state index contributed by atoms with van der Waals surface area (Å²) in [6.45, 7) is 3.93. The van der Waals surface area contributed by atoms with Crippen LogP contribution < -0.4 is 19.7 Å². The fraction of sp³-hybridized carbons (Fsp3) is 0.479. The van der Waals surface area contributed by atoms with E-state index in [9.17, 15) is 29.0 Å². The number of esters is 1. The molecule has 13 nitrogen and oxygen atoms in total. The van der Waals surface area contributed by atoms with Gasteiger partial charge in [0.25, 0.3) is 5.91 Å². The van der Waals surface area contributed by atoms with Crippen LogP contribution in [0.2, 0.25) is 0 Å². The number of likely N-dealkylation sites (tertiary alicyclic amines) is 1. The molecule has 3 aliphatic heterocycles. The second kappa shape index (κ2) is 19.0. The SMILES string of the molecule is CCCOC(=O)[C@H](C)NP(=O)(Oc1ccccc1)[C@@H](F)c1ccc2sc(C(=O)NCC3CCCC[C@H]4CC[C@@H](C(=O)N5CC(c6cccc(OC)c6)[C@H](C#N)C56CC6)N4C3=O)cc2c1. The van der Waals surface area contributed by atoms with Gasteiger partial charge in [-0.3, -0.25) is 23.7 Å². The minimum Gasteiger partial charge on any atom is -0.497 e. The number of thiophene rings is 1. The molecule has 1 spiro atoms. The molecule has 0 bridgehead atoms. The Hall–Kier alpha value is -5.29. The van der Waals surface area contributed by atoms with Gasteiger partial charge in [-0.15, -0.1) is 11.3 Å². The number of nitrogens with zero attached hydrogens (tertiary/aromatic N) is 3. The van der Waals surface area contributed by atoms with Crippen LogP contribution in [-0.2, 0) is 23.7 Å². The average molecular weight is 912 g/mol. The zero-order valence-electron chi connectivity index (χ0n) is 36.4. The summed E-state index contributed by atoms with van der Waals surface area (Å²) in [5, 5.41) is 16.6. The first-order valence-electron chi connectivity index (χ1n) is 22.3. The molecule has 2 N–H and O–H groups in total. The Bertz CT molecular complexity index is 2480. The van der Waals surface area contributed by atoms with Gasteiger partial charge in [0.15, 0.2) is 0 Å². The largest absolute Gasteiger partial charge is 0.497 e.